The third-order valence-electron chi connectivity index (χ3n) is 6.23. The number of nitrogens with zero attached hydrogens (tertiary/aromatic N) is 5. The maximum Gasteiger partial charge on any atom is 0.253 e. The Morgan fingerprint density at radius 2 is 1.88 bits per heavy atom. The molecule has 5 rings (SSSR count). The molecule has 0 aliphatic carbocycles. The summed E-state index contributed by atoms with van der Waals surface area (Å²) in [6, 6.07) is 11.4. The molecule has 0 radical (unpaired) electrons. The molecule has 0 unspecified atom stereocenters. The number of aromatic nitrogens is 2. The molecule has 0 saturated carbocycles. The predicted molar refractivity (Wildman–Crippen MR) is 126 cm³/mol. The van der Waals surface area contributed by atoms with Crippen molar-refractivity contribution in [2.24, 2.45) is 0 Å². The monoisotopic (exact) mass is 465 g/mol. The number of hydrogen-bond acceptors (Lipinski definition) is 7. The molecule has 0 N–H and O–H groups in total. The van der Waals surface area contributed by atoms with Crippen LogP contribution in [0.25, 0.3) is 10.7 Å². The molecule has 3 aromatic rings. The molecule has 0 atom stereocenters. The Morgan fingerprint density at radius 1 is 1.06 bits per heavy atom. The quantitative estimate of drug-likeness (QED) is 0.532. The maximum atomic E-state index is 12.9. The number of hydrogen-bond donors (Lipinski definition) is 0. The Balaban J connectivity index is 1.06. The van der Waals surface area contributed by atoms with Crippen LogP contribution in [0.1, 0.15) is 35.5 Å². The van der Waals surface area contributed by atoms with E-state index in [1.165, 1.54) is 0 Å². The van der Waals surface area contributed by atoms with E-state index < -0.39 is 0 Å². The number of benzene rings is 1. The highest BCUT2D eigenvalue weighted by atomic mass is 32.1. The van der Waals surface area contributed by atoms with Crippen molar-refractivity contribution in [3.63, 3.8) is 0 Å². The van der Waals surface area contributed by atoms with Gasteiger partial charge in [-0.25, -0.2) is 0 Å². The molecule has 2 saturated heterocycles. The van der Waals surface area contributed by atoms with Crippen molar-refractivity contribution in [3.8, 4) is 10.7 Å². The van der Waals surface area contributed by atoms with Crippen LogP contribution in [0.2, 0.25) is 0 Å². The maximum absolute atomic E-state index is 12.9. The van der Waals surface area contributed by atoms with Gasteiger partial charge in [0.1, 0.15) is 0 Å². The van der Waals surface area contributed by atoms with Gasteiger partial charge in [0.25, 0.3) is 5.91 Å². The van der Waals surface area contributed by atoms with Gasteiger partial charge in [0.2, 0.25) is 17.6 Å². The second kappa shape index (κ2) is 9.84. The number of carbonyl (C=O) groups excluding carboxylic acids is 2. The number of aryl methyl sites for hydroxylation is 1. The molecule has 2 amide bonds. The molecule has 2 aliphatic rings. The lowest BCUT2D eigenvalue weighted by Crippen LogP contribution is -2.48. The average molecular weight is 466 g/mol. The minimum atomic E-state index is 0.0564. The van der Waals surface area contributed by atoms with Gasteiger partial charge in [-0.05, 0) is 55.1 Å². The van der Waals surface area contributed by atoms with Crippen molar-refractivity contribution in [2.75, 3.05) is 44.2 Å². The van der Waals surface area contributed by atoms with Crippen molar-refractivity contribution in [2.45, 2.75) is 25.7 Å². The zero-order chi connectivity index (χ0) is 22.6. The number of rotatable bonds is 7. The Hall–Kier alpha value is -3.04. The Labute approximate surface area is 196 Å². The van der Waals surface area contributed by atoms with E-state index in [0.29, 0.717) is 36.8 Å². The summed E-state index contributed by atoms with van der Waals surface area (Å²) in [5.41, 5.74) is 1.56. The highest BCUT2D eigenvalue weighted by molar-refractivity contribution is 7.13. The van der Waals surface area contributed by atoms with Gasteiger partial charge in [-0.3, -0.25) is 14.5 Å². The summed E-state index contributed by atoms with van der Waals surface area (Å²) in [6.45, 7) is 4.85. The van der Waals surface area contributed by atoms with Gasteiger partial charge < -0.3 is 14.3 Å². The van der Waals surface area contributed by atoms with Crippen LogP contribution >= 0.6 is 11.3 Å². The number of anilines is 1. The van der Waals surface area contributed by atoms with Gasteiger partial charge in [0.05, 0.1) is 4.88 Å². The van der Waals surface area contributed by atoms with Gasteiger partial charge in [-0.2, -0.15) is 4.98 Å². The molecule has 0 bridgehead atoms. The van der Waals surface area contributed by atoms with Crippen molar-refractivity contribution < 1.29 is 14.1 Å². The first-order valence-corrected chi connectivity index (χ1v) is 12.3. The molecule has 2 aliphatic heterocycles. The molecule has 0 spiro atoms. The molecule has 4 heterocycles. The number of thiophene rings is 1. The fourth-order valence-corrected chi connectivity index (χ4v) is 5.03. The minimum Gasteiger partial charge on any atom is -0.339 e. The van der Waals surface area contributed by atoms with Crippen LogP contribution in [0.15, 0.2) is 46.3 Å². The summed E-state index contributed by atoms with van der Waals surface area (Å²) in [5, 5.41) is 6.06. The average Bonchev–Trinajstić information content (AvgIpc) is 3.61. The van der Waals surface area contributed by atoms with E-state index in [1.807, 2.05) is 46.7 Å². The van der Waals surface area contributed by atoms with Gasteiger partial charge in [-0.15, -0.1) is 11.3 Å². The summed E-state index contributed by atoms with van der Waals surface area (Å²) in [5.74, 6) is 1.55. The van der Waals surface area contributed by atoms with E-state index in [9.17, 15) is 9.59 Å². The van der Waals surface area contributed by atoms with Gasteiger partial charge in [0, 0.05) is 56.8 Å². The summed E-state index contributed by atoms with van der Waals surface area (Å²) in [6.07, 6.45) is 3.20. The topological polar surface area (TPSA) is 82.8 Å². The van der Waals surface area contributed by atoms with Crippen LogP contribution in [-0.4, -0.2) is 71.0 Å². The third-order valence-corrected chi connectivity index (χ3v) is 7.10. The molecular weight excluding hydrogens is 438 g/mol. The first kappa shape index (κ1) is 21.8. The zero-order valence-electron chi connectivity index (χ0n) is 18.5. The molecule has 9 heteroatoms. The summed E-state index contributed by atoms with van der Waals surface area (Å²) >= 11 is 1.60. The van der Waals surface area contributed by atoms with E-state index >= 15 is 0 Å². The van der Waals surface area contributed by atoms with E-state index in [-0.39, 0.29) is 11.8 Å². The van der Waals surface area contributed by atoms with Crippen LogP contribution in [0.4, 0.5) is 5.69 Å². The molecule has 33 heavy (non-hydrogen) atoms. The Kier molecular flexibility index (Phi) is 6.50. The normalized spacial score (nSPS) is 17.2. The standard InChI is InChI=1S/C24H27N5O3S/c30-22-6-2-12-29(22)19-9-7-18(8-10-19)24(31)28-15-13-27(14-16-28)11-1-5-21-25-23(26-32-21)20-4-3-17-33-20/h3-4,7-10,17H,1-2,5-6,11-16H2. The Bertz CT molecular complexity index is 1090. The first-order valence-electron chi connectivity index (χ1n) is 11.5. The smallest absolute Gasteiger partial charge is 0.253 e. The fraction of sp³-hybridized carbons (Fsp3) is 0.417. The van der Waals surface area contributed by atoms with Gasteiger partial charge in [-0.1, -0.05) is 11.2 Å². The lowest BCUT2D eigenvalue weighted by atomic mass is 10.1. The van der Waals surface area contributed by atoms with E-state index in [2.05, 4.69) is 15.0 Å². The third kappa shape index (κ3) is 4.99. The number of amides is 2. The van der Waals surface area contributed by atoms with E-state index in [4.69, 9.17) is 4.52 Å². The van der Waals surface area contributed by atoms with Crippen molar-refractivity contribution in [1.29, 1.82) is 0 Å². The second-order valence-electron chi connectivity index (χ2n) is 8.42. The molecular formula is C24H27N5O3S. The van der Waals surface area contributed by atoms with Gasteiger partial charge >= 0.3 is 0 Å². The molecule has 8 nitrogen and oxygen atoms in total. The largest absolute Gasteiger partial charge is 0.339 e. The van der Waals surface area contributed by atoms with E-state index in [1.54, 1.807) is 16.2 Å². The molecule has 172 valence electrons. The molecule has 2 fully saturated rings. The SMILES string of the molecule is O=C(c1ccc(N2CCCC2=O)cc1)N1CCN(CCCc2nc(-c3cccs3)no2)CC1. The number of carbonyl (C=O) groups is 2. The Morgan fingerprint density at radius 3 is 2.58 bits per heavy atom. The van der Waals surface area contributed by atoms with Crippen LogP contribution in [0.3, 0.4) is 0 Å². The van der Waals surface area contributed by atoms with Crippen LogP contribution < -0.4 is 4.90 Å². The summed E-state index contributed by atoms with van der Waals surface area (Å²) in [4.78, 5) is 36.4. The fourth-order valence-electron chi connectivity index (χ4n) is 4.38. The zero-order valence-corrected chi connectivity index (χ0v) is 19.3. The van der Waals surface area contributed by atoms with Crippen LogP contribution in [-0.2, 0) is 11.2 Å². The van der Waals surface area contributed by atoms with Crippen molar-refractivity contribution in [3.05, 3.63) is 53.2 Å². The van der Waals surface area contributed by atoms with Crippen LogP contribution in [0, 0.1) is 0 Å². The second-order valence-corrected chi connectivity index (χ2v) is 9.37. The minimum absolute atomic E-state index is 0.0564. The van der Waals surface area contributed by atoms with E-state index in [0.717, 1.165) is 56.0 Å². The predicted octanol–water partition coefficient (Wildman–Crippen LogP) is 3.32. The van der Waals surface area contributed by atoms with Crippen molar-refractivity contribution >= 4 is 28.8 Å². The lowest BCUT2D eigenvalue weighted by Gasteiger charge is -2.34. The highest BCUT2D eigenvalue weighted by Gasteiger charge is 2.24. The molecule has 2 aromatic heterocycles. The summed E-state index contributed by atoms with van der Waals surface area (Å²) in [7, 11) is 0. The van der Waals surface area contributed by atoms with Gasteiger partial charge in [0.15, 0.2) is 0 Å². The van der Waals surface area contributed by atoms with Crippen LogP contribution in [0.5, 0.6) is 0 Å². The molecule has 1 aromatic carbocycles. The summed E-state index contributed by atoms with van der Waals surface area (Å²) < 4.78 is 5.37. The van der Waals surface area contributed by atoms with Crippen molar-refractivity contribution in [1.82, 2.24) is 19.9 Å². The first-order chi connectivity index (χ1) is 16.2. The number of piperazine rings is 1. The lowest BCUT2D eigenvalue weighted by molar-refractivity contribution is -0.117. The highest BCUT2D eigenvalue weighted by Crippen LogP contribution is 2.23.